The van der Waals surface area contributed by atoms with E-state index in [0.717, 1.165) is 17.7 Å². The summed E-state index contributed by atoms with van der Waals surface area (Å²) in [5.74, 6) is -0.324. The minimum Gasteiger partial charge on any atom is -0.303 e. The summed E-state index contributed by atoms with van der Waals surface area (Å²) in [6.45, 7) is 3.90. The van der Waals surface area contributed by atoms with E-state index in [4.69, 9.17) is 0 Å². The minimum absolute atomic E-state index is 0.324. The Hall–Kier alpha value is -0.990. The molecule has 0 aromatic rings. The highest BCUT2D eigenvalue weighted by atomic mass is 19.1. The fourth-order valence-corrected chi connectivity index (χ4v) is 0.914. The van der Waals surface area contributed by atoms with Crippen LogP contribution in [0.5, 0.6) is 0 Å². The summed E-state index contributed by atoms with van der Waals surface area (Å²) < 4.78 is 12.4. The molecule has 56 valence electrons. The van der Waals surface area contributed by atoms with Gasteiger partial charge < -0.3 is 5.43 Å². The van der Waals surface area contributed by atoms with E-state index >= 15 is 0 Å². The van der Waals surface area contributed by atoms with E-state index in [1.807, 2.05) is 13.8 Å². The van der Waals surface area contributed by atoms with Crippen molar-refractivity contribution in [2.75, 3.05) is 0 Å². The fourth-order valence-electron chi connectivity index (χ4n) is 0.914. The summed E-state index contributed by atoms with van der Waals surface area (Å²) in [7, 11) is 0. The van der Waals surface area contributed by atoms with Crippen LogP contribution in [0, 0.1) is 0 Å². The van der Waals surface area contributed by atoms with Gasteiger partial charge in [-0.3, -0.25) is 5.43 Å². The summed E-state index contributed by atoms with van der Waals surface area (Å²) in [5.41, 5.74) is 7.15. The first-order valence-corrected chi connectivity index (χ1v) is 3.33. The zero-order valence-corrected chi connectivity index (χ0v) is 6.16. The third-order valence-electron chi connectivity index (χ3n) is 1.51. The molecule has 0 fully saturated rings. The molecule has 1 aliphatic heterocycles. The molecular weight excluding hydrogens is 131 g/mol. The molecule has 1 rings (SSSR count). The van der Waals surface area contributed by atoms with Gasteiger partial charge in [-0.15, -0.1) is 0 Å². The molecule has 0 aliphatic carbocycles. The van der Waals surface area contributed by atoms with Crippen LogP contribution in [0.1, 0.15) is 20.3 Å². The van der Waals surface area contributed by atoms with E-state index in [2.05, 4.69) is 10.9 Å². The normalized spacial score (nSPS) is 17.7. The Kier molecular flexibility index (Phi) is 1.94. The van der Waals surface area contributed by atoms with Crippen molar-refractivity contribution in [2.45, 2.75) is 20.3 Å². The van der Waals surface area contributed by atoms with E-state index in [1.165, 1.54) is 6.08 Å². The van der Waals surface area contributed by atoms with Crippen LogP contribution in [0.4, 0.5) is 4.39 Å². The van der Waals surface area contributed by atoms with Gasteiger partial charge in [0.25, 0.3) is 0 Å². The first-order valence-electron chi connectivity index (χ1n) is 3.33. The molecule has 0 radical (unpaired) electrons. The van der Waals surface area contributed by atoms with Crippen molar-refractivity contribution in [1.82, 2.24) is 10.9 Å². The molecule has 0 amide bonds. The van der Waals surface area contributed by atoms with Crippen LogP contribution < -0.4 is 10.9 Å². The van der Waals surface area contributed by atoms with Crippen LogP contribution in [0.25, 0.3) is 0 Å². The van der Waals surface area contributed by atoms with Crippen LogP contribution in [0.15, 0.2) is 23.3 Å². The van der Waals surface area contributed by atoms with E-state index in [0.29, 0.717) is 0 Å². The zero-order chi connectivity index (χ0) is 7.56. The Morgan fingerprint density at radius 3 is 2.70 bits per heavy atom. The summed E-state index contributed by atoms with van der Waals surface area (Å²) in [6, 6.07) is 0. The first kappa shape index (κ1) is 7.12. The Balaban J connectivity index is 2.80. The molecule has 0 spiro atoms. The monoisotopic (exact) mass is 142 g/mol. The van der Waals surface area contributed by atoms with Crippen LogP contribution in [0.2, 0.25) is 0 Å². The number of rotatable bonds is 1. The molecule has 0 aromatic heterocycles. The van der Waals surface area contributed by atoms with Crippen molar-refractivity contribution in [3.8, 4) is 0 Å². The molecule has 0 atom stereocenters. The van der Waals surface area contributed by atoms with E-state index < -0.39 is 0 Å². The van der Waals surface area contributed by atoms with Crippen LogP contribution in [-0.2, 0) is 0 Å². The maximum atomic E-state index is 12.4. The van der Waals surface area contributed by atoms with Crippen LogP contribution in [0.3, 0.4) is 0 Å². The smallest absolute Gasteiger partial charge is 0.205 e. The van der Waals surface area contributed by atoms with Gasteiger partial charge in [-0.2, -0.15) is 4.39 Å². The molecule has 0 saturated carbocycles. The summed E-state index contributed by atoms with van der Waals surface area (Å²) >= 11 is 0. The van der Waals surface area contributed by atoms with E-state index in [9.17, 15) is 4.39 Å². The second-order valence-electron chi connectivity index (χ2n) is 2.26. The van der Waals surface area contributed by atoms with Crippen molar-refractivity contribution in [1.29, 1.82) is 0 Å². The van der Waals surface area contributed by atoms with E-state index in [-0.39, 0.29) is 5.95 Å². The average Bonchev–Trinajstić information content (AvgIpc) is 1.88. The molecule has 3 heteroatoms. The lowest BCUT2D eigenvalue weighted by molar-refractivity contribution is 0.488. The third kappa shape index (κ3) is 1.29. The molecule has 2 nitrogen and oxygen atoms in total. The van der Waals surface area contributed by atoms with Crippen molar-refractivity contribution in [3.05, 3.63) is 23.3 Å². The van der Waals surface area contributed by atoms with Gasteiger partial charge in [-0.05, 0) is 25.0 Å². The number of allylic oxidation sites excluding steroid dienone is 3. The summed E-state index contributed by atoms with van der Waals surface area (Å²) in [4.78, 5) is 0. The predicted molar refractivity (Wildman–Crippen MR) is 38.5 cm³/mol. The molecular formula is C7H11FN2. The lowest BCUT2D eigenvalue weighted by Gasteiger charge is -2.16. The van der Waals surface area contributed by atoms with Crippen molar-refractivity contribution < 1.29 is 4.39 Å². The molecule has 0 saturated heterocycles. The van der Waals surface area contributed by atoms with Gasteiger partial charge in [0, 0.05) is 5.70 Å². The highest BCUT2D eigenvalue weighted by molar-refractivity contribution is 5.26. The largest absolute Gasteiger partial charge is 0.303 e. The highest BCUT2D eigenvalue weighted by Crippen LogP contribution is 2.11. The van der Waals surface area contributed by atoms with Gasteiger partial charge in [-0.1, -0.05) is 6.92 Å². The molecule has 0 aromatic carbocycles. The lowest BCUT2D eigenvalue weighted by Crippen LogP contribution is -2.32. The third-order valence-corrected chi connectivity index (χ3v) is 1.51. The average molecular weight is 142 g/mol. The van der Waals surface area contributed by atoms with Gasteiger partial charge >= 0.3 is 0 Å². The molecule has 1 aliphatic rings. The van der Waals surface area contributed by atoms with Gasteiger partial charge in [0.2, 0.25) is 5.95 Å². The standard InChI is InChI=1S/C7H11FN2/c1-3-6-5(2)4-7(8)10-9-6/h4,9-10H,3H2,1-2H3. The van der Waals surface area contributed by atoms with Crippen molar-refractivity contribution in [3.63, 3.8) is 0 Å². The summed E-state index contributed by atoms with van der Waals surface area (Å²) in [6.07, 6.45) is 2.37. The van der Waals surface area contributed by atoms with Gasteiger partial charge in [0.15, 0.2) is 0 Å². The number of hydrogen-bond donors (Lipinski definition) is 2. The quantitative estimate of drug-likeness (QED) is 0.543. The number of nitrogens with one attached hydrogen (secondary N) is 2. The summed E-state index contributed by atoms with van der Waals surface area (Å²) in [5, 5.41) is 0. The van der Waals surface area contributed by atoms with Crippen molar-refractivity contribution in [2.24, 2.45) is 0 Å². The molecule has 0 unspecified atom stereocenters. The Bertz CT molecular complexity index is 194. The maximum absolute atomic E-state index is 12.4. The fraction of sp³-hybridized carbons (Fsp3) is 0.429. The maximum Gasteiger partial charge on any atom is 0.205 e. The second kappa shape index (κ2) is 2.73. The van der Waals surface area contributed by atoms with Crippen LogP contribution in [-0.4, -0.2) is 0 Å². The second-order valence-corrected chi connectivity index (χ2v) is 2.26. The van der Waals surface area contributed by atoms with Gasteiger partial charge in [0.05, 0.1) is 0 Å². The number of halogens is 1. The van der Waals surface area contributed by atoms with Gasteiger partial charge in [-0.25, -0.2) is 0 Å². The topological polar surface area (TPSA) is 24.1 Å². The predicted octanol–water partition coefficient (Wildman–Crippen LogP) is 1.59. The van der Waals surface area contributed by atoms with Crippen LogP contribution >= 0.6 is 0 Å². The Morgan fingerprint density at radius 2 is 2.20 bits per heavy atom. The zero-order valence-electron chi connectivity index (χ0n) is 6.16. The first-order chi connectivity index (χ1) is 4.74. The highest BCUT2D eigenvalue weighted by Gasteiger charge is 2.05. The number of hydrazine groups is 1. The Morgan fingerprint density at radius 1 is 1.50 bits per heavy atom. The lowest BCUT2D eigenvalue weighted by atomic mass is 10.2. The molecule has 1 heterocycles. The van der Waals surface area contributed by atoms with Crippen molar-refractivity contribution >= 4 is 0 Å². The minimum atomic E-state index is -0.324. The van der Waals surface area contributed by atoms with Gasteiger partial charge in [0.1, 0.15) is 0 Å². The van der Waals surface area contributed by atoms with E-state index in [1.54, 1.807) is 0 Å². The molecule has 10 heavy (non-hydrogen) atoms. The Labute approximate surface area is 59.8 Å². The SMILES string of the molecule is CCC1=C(C)C=C(F)NN1. The molecule has 0 bridgehead atoms. The molecule has 2 N–H and O–H groups in total. The number of hydrogen-bond acceptors (Lipinski definition) is 2.